The number of benzene rings is 1. The number of aliphatic hydroxyl groups is 3. The summed E-state index contributed by atoms with van der Waals surface area (Å²) in [6.45, 7) is 1.04. The Labute approximate surface area is 207 Å². The predicted molar refractivity (Wildman–Crippen MR) is 130 cm³/mol. The molecule has 1 aromatic carbocycles. The Hall–Kier alpha value is -1.77. The molecule has 0 spiro atoms. The Bertz CT molecular complexity index is 1340. The number of hydrogen-bond donors (Lipinski definition) is 4. The van der Waals surface area contributed by atoms with Gasteiger partial charge in [-0.25, -0.2) is 13.8 Å². The monoisotopic (exact) mass is 526 g/mol. The summed E-state index contributed by atoms with van der Waals surface area (Å²) >= 11 is 4.97. The number of hydrogen-bond acceptors (Lipinski definition) is 10. The minimum absolute atomic E-state index is 0.0548. The maximum atomic E-state index is 16.4. The predicted octanol–water partition coefficient (Wildman–Crippen LogP) is -1.98. The fourth-order valence-corrected chi connectivity index (χ4v) is 5.99. The average molecular weight is 526 g/mol. The number of ether oxygens (including phenoxy) is 1. The molecule has 0 amide bonds. The van der Waals surface area contributed by atoms with Gasteiger partial charge in [-0.05, 0) is 12.5 Å². The zero-order valence-corrected chi connectivity index (χ0v) is 21.1. The second-order valence-electron chi connectivity index (χ2n) is 9.11. The van der Waals surface area contributed by atoms with Crippen LogP contribution in [0.5, 0.6) is 5.75 Å². The van der Waals surface area contributed by atoms with Gasteiger partial charge in [0.05, 0.1) is 18.6 Å². The molecule has 0 saturated carbocycles. The molecule has 5 atom stereocenters. The minimum atomic E-state index is -4.41. The van der Waals surface area contributed by atoms with Crippen LogP contribution in [0.15, 0.2) is 29.2 Å². The van der Waals surface area contributed by atoms with Crippen molar-refractivity contribution < 1.29 is 42.6 Å². The van der Waals surface area contributed by atoms with Crippen molar-refractivity contribution in [2.45, 2.75) is 49.2 Å². The summed E-state index contributed by atoms with van der Waals surface area (Å²) in [5.41, 5.74) is -1.69. The molecule has 17 heteroatoms. The van der Waals surface area contributed by atoms with Crippen molar-refractivity contribution in [2.24, 2.45) is 0 Å². The lowest BCUT2D eigenvalue weighted by Gasteiger charge is -2.41. The lowest BCUT2D eigenvalue weighted by Crippen LogP contribution is -2.60. The van der Waals surface area contributed by atoms with Gasteiger partial charge in [-0.3, -0.25) is 18.6 Å². The van der Waals surface area contributed by atoms with Gasteiger partial charge in [-0.15, -0.1) is 0 Å². The summed E-state index contributed by atoms with van der Waals surface area (Å²) in [4.78, 5) is 14.9. The van der Waals surface area contributed by atoms with E-state index in [1.807, 2.05) is 0 Å². The number of H-pyrrole nitrogens is 1. The second kappa shape index (κ2) is 8.67. The number of phosphoric acid groups is 1. The average Bonchev–Trinajstić information content (AvgIpc) is 2.95. The SMILES string of the molecule is BC(B)(OP1(=O)OCc2cccc(C)c2O1)[C@@]1(F)O[C@@](B)(n2cc(CO)c(=S)[nH]c2=O)[C@H](O)[C@@H]1O. The van der Waals surface area contributed by atoms with Crippen LogP contribution in [0.3, 0.4) is 0 Å². The number of aliphatic hydroxyl groups excluding tert-OH is 3. The van der Waals surface area contributed by atoms with E-state index < -0.39 is 49.2 Å². The van der Waals surface area contributed by atoms with Crippen LogP contribution in [0.25, 0.3) is 0 Å². The fraction of sp³-hybridized carbons (Fsp3) is 0.444. The lowest BCUT2D eigenvalue weighted by molar-refractivity contribution is -0.240. The van der Waals surface area contributed by atoms with Crippen molar-refractivity contribution in [1.82, 2.24) is 9.55 Å². The van der Waals surface area contributed by atoms with Gasteiger partial charge in [0.1, 0.15) is 43.9 Å². The molecule has 1 aromatic heterocycles. The molecular formula is C18H23B3FN2O9PS. The van der Waals surface area contributed by atoms with Gasteiger partial charge in [0, 0.05) is 17.3 Å². The molecule has 2 aliphatic heterocycles. The second-order valence-corrected chi connectivity index (χ2v) is 11.0. The number of aromatic amines is 1. The maximum Gasteiger partial charge on any atom is 0.529 e. The van der Waals surface area contributed by atoms with Crippen LogP contribution in [0.4, 0.5) is 4.39 Å². The third kappa shape index (κ3) is 4.15. The van der Waals surface area contributed by atoms with E-state index in [2.05, 4.69) is 4.98 Å². The van der Waals surface area contributed by atoms with Gasteiger partial charge in [-0.2, -0.15) is 0 Å². The molecule has 3 heterocycles. The standard InChI is InChI=1S/C18H23B3FN2O9PS/c1-8-3-2-4-9-7-30-34(29,31-11(8)9)33-18(20,21)16(22)12(26)13(27)17(19,32-16)24-5-10(6-25)14(35)23-15(24)28/h2-5,12-13,25-27H,6-7,19-21H2,1H3,(H,23,28,35)/t12-,13+,16-,17-,34?/m0/s1. The largest absolute Gasteiger partial charge is 0.529 e. The Morgan fingerprint density at radius 3 is 2.74 bits per heavy atom. The van der Waals surface area contributed by atoms with E-state index in [-0.39, 0.29) is 22.6 Å². The number of fused-ring (bicyclic) bond motifs is 1. The summed E-state index contributed by atoms with van der Waals surface area (Å²) in [6, 6.07) is 5.21. The van der Waals surface area contributed by atoms with Crippen LogP contribution in [0, 0.1) is 11.6 Å². The first-order valence-corrected chi connectivity index (χ1v) is 12.5. The van der Waals surface area contributed by atoms with Gasteiger partial charge >= 0.3 is 13.5 Å². The van der Waals surface area contributed by atoms with Gasteiger partial charge in [-0.1, -0.05) is 30.4 Å². The number of aromatic nitrogens is 2. The summed E-state index contributed by atoms with van der Waals surface area (Å²) in [5, 5.41) is 28.8. The van der Waals surface area contributed by atoms with Crippen molar-refractivity contribution in [3.05, 3.63) is 56.2 Å². The molecule has 0 aliphatic carbocycles. The summed E-state index contributed by atoms with van der Waals surface area (Å²) in [5.74, 6) is -2.94. The fourth-order valence-electron chi connectivity index (χ4n) is 4.17. The Kier molecular flexibility index (Phi) is 6.51. The summed E-state index contributed by atoms with van der Waals surface area (Å²) < 4.78 is 52.3. The number of para-hydroxylation sites is 1. The Balaban J connectivity index is 1.69. The zero-order chi connectivity index (χ0) is 26.0. The van der Waals surface area contributed by atoms with E-state index >= 15 is 4.39 Å². The molecule has 1 saturated heterocycles. The zero-order valence-electron chi connectivity index (χ0n) is 19.4. The van der Waals surface area contributed by atoms with Crippen LogP contribution in [-0.2, 0) is 37.2 Å². The van der Waals surface area contributed by atoms with E-state index in [4.69, 9.17) is 30.5 Å². The molecular weight excluding hydrogens is 503 g/mol. The molecule has 2 aromatic rings. The summed E-state index contributed by atoms with van der Waals surface area (Å²) in [7, 11) is -0.985. The highest BCUT2D eigenvalue weighted by Gasteiger charge is 2.69. The smallest absolute Gasteiger partial charge is 0.403 e. The minimum Gasteiger partial charge on any atom is -0.403 e. The first-order chi connectivity index (χ1) is 16.2. The molecule has 35 heavy (non-hydrogen) atoms. The van der Waals surface area contributed by atoms with Crippen LogP contribution in [0.1, 0.15) is 16.7 Å². The molecule has 1 unspecified atom stereocenters. The molecule has 11 nitrogen and oxygen atoms in total. The third-order valence-electron chi connectivity index (χ3n) is 6.28. The van der Waals surface area contributed by atoms with E-state index in [0.29, 0.717) is 11.1 Å². The molecule has 0 bridgehead atoms. The lowest BCUT2D eigenvalue weighted by atomic mass is 9.59. The van der Waals surface area contributed by atoms with Gasteiger partial charge in [0.15, 0.2) is 7.85 Å². The van der Waals surface area contributed by atoms with E-state index in [9.17, 15) is 24.7 Å². The van der Waals surface area contributed by atoms with Crippen LogP contribution >= 0.6 is 20.0 Å². The van der Waals surface area contributed by atoms with Gasteiger partial charge in [0.2, 0.25) is 0 Å². The van der Waals surface area contributed by atoms with Crippen molar-refractivity contribution >= 4 is 43.6 Å². The van der Waals surface area contributed by atoms with E-state index in [0.717, 1.165) is 34.3 Å². The molecule has 0 radical (unpaired) electrons. The number of halogens is 1. The normalized spacial score (nSPS) is 32.7. The molecule has 2 aliphatic rings. The molecule has 1 fully saturated rings. The van der Waals surface area contributed by atoms with Crippen LogP contribution in [-0.4, -0.2) is 71.9 Å². The van der Waals surface area contributed by atoms with Crippen LogP contribution < -0.4 is 10.2 Å². The van der Waals surface area contributed by atoms with Gasteiger partial charge in [0.25, 0.3) is 5.85 Å². The number of rotatable bonds is 5. The Morgan fingerprint density at radius 2 is 2.09 bits per heavy atom. The molecule has 186 valence electrons. The summed E-state index contributed by atoms with van der Waals surface area (Å²) in [6.07, 6.45) is -3.17. The molecule has 4 N–H and O–H groups in total. The van der Waals surface area contributed by atoms with E-state index in [1.165, 1.54) is 0 Å². The highest BCUT2D eigenvalue weighted by molar-refractivity contribution is 7.71. The van der Waals surface area contributed by atoms with Crippen molar-refractivity contribution in [2.75, 3.05) is 0 Å². The van der Waals surface area contributed by atoms with Crippen molar-refractivity contribution in [3.8, 4) is 5.75 Å². The number of phosphoric ester groups is 1. The topological polar surface area (TPSA) is 152 Å². The number of nitrogens with one attached hydrogen (secondary N) is 1. The first-order valence-electron chi connectivity index (χ1n) is 10.6. The van der Waals surface area contributed by atoms with Crippen molar-refractivity contribution in [1.29, 1.82) is 0 Å². The number of aryl methyl sites for hydroxylation is 1. The van der Waals surface area contributed by atoms with Crippen molar-refractivity contribution in [3.63, 3.8) is 0 Å². The van der Waals surface area contributed by atoms with Gasteiger partial charge < -0.3 is 24.6 Å². The highest BCUT2D eigenvalue weighted by atomic mass is 32.1. The first kappa shape index (κ1) is 26.3. The van der Waals surface area contributed by atoms with E-state index in [1.54, 1.807) is 25.1 Å². The van der Waals surface area contributed by atoms with Crippen LogP contribution in [0.2, 0.25) is 0 Å². The Morgan fingerprint density at radius 1 is 1.40 bits per heavy atom. The maximum absolute atomic E-state index is 16.4. The number of alkyl halides is 1. The third-order valence-corrected chi connectivity index (χ3v) is 8.18. The highest BCUT2D eigenvalue weighted by Crippen LogP contribution is 2.59. The number of nitrogens with zero attached hydrogens (tertiary/aromatic N) is 1. The quantitative estimate of drug-likeness (QED) is 0.196. The molecule has 4 rings (SSSR count).